The summed E-state index contributed by atoms with van der Waals surface area (Å²) in [6.45, 7) is 4.80. The van der Waals surface area contributed by atoms with Gasteiger partial charge in [0.25, 0.3) is 0 Å². The molecule has 1 aliphatic rings. The number of ether oxygens (including phenoxy) is 1. The molecule has 0 radical (unpaired) electrons. The van der Waals surface area contributed by atoms with E-state index in [1.165, 1.54) is 6.32 Å². The summed E-state index contributed by atoms with van der Waals surface area (Å²) in [6.07, 6.45) is 1.69. The molecule has 0 aromatic heterocycles. The Morgan fingerprint density at radius 3 is 3.00 bits per heavy atom. The molecule has 10 heavy (non-hydrogen) atoms. The van der Waals surface area contributed by atoms with Gasteiger partial charge in [0.15, 0.2) is 6.29 Å². The number of rotatable bonds is 0. The van der Waals surface area contributed by atoms with Crippen molar-refractivity contribution >= 4 is 7.28 Å². The predicted octanol–water partition coefficient (Wildman–Crippen LogP) is 0.778. The van der Waals surface area contributed by atoms with E-state index in [2.05, 4.69) is 0 Å². The number of aliphatic hydroxyl groups is 1. The number of hydrogen-bond donors (Lipinski definition) is 1. The molecule has 0 aromatic rings. The maximum atomic E-state index is 9.39. The van der Waals surface area contributed by atoms with Crippen LogP contribution in [0.15, 0.2) is 0 Å². The number of hydrogen-bond acceptors (Lipinski definition) is 2. The highest BCUT2D eigenvalue weighted by Gasteiger charge is 2.30. The first-order valence-corrected chi connectivity index (χ1v) is 3.92. The highest BCUT2D eigenvalue weighted by molar-refractivity contribution is 6.40. The zero-order valence-corrected chi connectivity index (χ0v) is 6.76. The van der Waals surface area contributed by atoms with E-state index < -0.39 is 6.29 Å². The smallest absolute Gasteiger partial charge is 0.152 e. The summed E-state index contributed by atoms with van der Waals surface area (Å²) in [5, 5.41) is 9.35. The molecule has 0 spiro atoms. The Labute approximate surface area is 62.8 Å². The Bertz CT molecular complexity index is 114. The first-order chi connectivity index (χ1) is 4.63. The van der Waals surface area contributed by atoms with Crippen molar-refractivity contribution in [1.82, 2.24) is 0 Å². The molecule has 1 rings (SSSR count). The van der Waals surface area contributed by atoms with Crippen molar-refractivity contribution in [2.75, 3.05) is 6.61 Å². The van der Waals surface area contributed by atoms with Crippen molar-refractivity contribution < 1.29 is 9.84 Å². The fraction of sp³-hybridized carbons (Fsp3) is 1.00. The van der Waals surface area contributed by atoms with E-state index in [4.69, 9.17) is 4.74 Å². The zero-order chi connectivity index (χ0) is 7.61. The van der Waals surface area contributed by atoms with Gasteiger partial charge in [-0.05, 0) is 11.7 Å². The first-order valence-electron chi connectivity index (χ1n) is 3.92. The van der Waals surface area contributed by atoms with Gasteiger partial charge >= 0.3 is 0 Å². The summed E-state index contributed by atoms with van der Waals surface area (Å²) in [6, 6.07) is 0. The molecule has 1 unspecified atom stereocenters. The molecule has 1 fully saturated rings. The molecule has 1 heterocycles. The van der Waals surface area contributed by atoms with Crippen LogP contribution in [0.25, 0.3) is 0 Å². The molecular weight excluding hydrogens is 127 g/mol. The summed E-state index contributed by atoms with van der Waals surface area (Å²) in [4.78, 5) is 0. The average Bonchev–Trinajstić information content (AvgIpc) is 1.96. The second-order valence-electron chi connectivity index (χ2n) is 3.67. The average molecular weight is 142 g/mol. The molecule has 1 N–H and O–H groups in total. The lowest BCUT2D eigenvalue weighted by atomic mass is 9.52. The fourth-order valence-electron chi connectivity index (χ4n) is 1.23. The topological polar surface area (TPSA) is 29.5 Å². The molecule has 0 bridgehead atoms. The van der Waals surface area contributed by atoms with Gasteiger partial charge in [-0.1, -0.05) is 20.2 Å². The third kappa shape index (κ3) is 1.73. The summed E-state index contributed by atoms with van der Waals surface area (Å²) in [5.74, 6) is 0. The molecule has 0 saturated carbocycles. The zero-order valence-electron chi connectivity index (χ0n) is 6.76. The minimum absolute atomic E-state index is 0.0451. The predicted molar refractivity (Wildman–Crippen MR) is 42.6 cm³/mol. The van der Waals surface area contributed by atoms with Crippen LogP contribution in [0.4, 0.5) is 0 Å². The van der Waals surface area contributed by atoms with Crippen LogP contribution in [-0.2, 0) is 4.74 Å². The molecule has 2 nitrogen and oxygen atoms in total. The van der Waals surface area contributed by atoms with Gasteiger partial charge in [0, 0.05) is 6.61 Å². The Hall–Kier alpha value is -0.0151. The number of aliphatic hydroxyl groups excluding tert-OH is 1. The van der Waals surface area contributed by atoms with E-state index >= 15 is 0 Å². The van der Waals surface area contributed by atoms with E-state index in [1.807, 2.05) is 13.8 Å². The third-order valence-corrected chi connectivity index (χ3v) is 2.16. The van der Waals surface area contributed by atoms with Crippen LogP contribution < -0.4 is 0 Å². The summed E-state index contributed by atoms with van der Waals surface area (Å²) in [7, 11) is 1.06. The fourth-order valence-corrected chi connectivity index (χ4v) is 1.23. The Morgan fingerprint density at radius 1 is 1.60 bits per heavy atom. The van der Waals surface area contributed by atoms with E-state index in [0.717, 1.165) is 13.7 Å². The Balaban J connectivity index is 2.52. The maximum absolute atomic E-state index is 9.39. The van der Waals surface area contributed by atoms with Crippen LogP contribution >= 0.6 is 0 Å². The molecule has 3 heteroatoms. The third-order valence-electron chi connectivity index (χ3n) is 2.16. The lowest BCUT2D eigenvalue weighted by molar-refractivity contribution is -0.117. The van der Waals surface area contributed by atoms with Gasteiger partial charge < -0.3 is 9.84 Å². The molecule has 1 aliphatic heterocycles. The first kappa shape index (κ1) is 8.09. The summed E-state index contributed by atoms with van der Waals surface area (Å²) >= 11 is 0. The molecule has 1 saturated heterocycles. The standard InChI is InChI=1S/C7H15BO2/c1-7(2)6(9)10-5-3-4-8-7/h6,8-9H,3-5H2,1-2H3. The van der Waals surface area contributed by atoms with Crippen molar-refractivity contribution in [2.24, 2.45) is 0 Å². The van der Waals surface area contributed by atoms with Crippen molar-refractivity contribution in [3.8, 4) is 0 Å². The van der Waals surface area contributed by atoms with Crippen LogP contribution in [0.5, 0.6) is 0 Å². The summed E-state index contributed by atoms with van der Waals surface area (Å²) < 4.78 is 5.17. The van der Waals surface area contributed by atoms with Gasteiger partial charge in [0.05, 0.1) is 0 Å². The van der Waals surface area contributed by atoms with Crippen LogP contribution in [0, 0.1) is 0 Å². The van der Waals surface area contributed by atoms with Gasteiger partial charge in [0.2, 0.25) is 0 Å². The lowest BCUT2D eigenvalue weighted by Gasteiger charge is -2.26. The molecular formula is C7H15BO2. The van der Waals surface area contributed by atoms with Crippen LogP contribution in [-0.4, -0.2) is 25.3 Å². The minimum Gasteiger partial charge on any atom is -0.368 e. The van der Waals surface area contributed by atoms with Crippen LogP contribution in [0.1, 0.15) is 20.3 Å². The van der Waals surface area contributed by atoms with Gasteiger partial charge in [-0.15, -0.1) is 0 Å². The van der Waals surface area contributed by atoms with Crippen molar-refractivity contribution in [1.29, 1.82) is 0 Å². The largest absolute Gasteiger partial charge is 0.368 e. The van der Waals surface area contributed by atoms with E-state index in [-0.39, 0.29) is 5.31 Å². The highest BCUT2D eigenvalue weighted by atomic mass is 16.6. The summed E-state index contributed by atoms with van der Waals surface area (Å²) in [5.41, 5.74) is 0. The Morgan fingerprint density at radius 2 is 2.30 bits per heavy atom. The Kier molecular flexibility index (Phi) is 2.37. The monoisotopic (exact) mass is 142 g/mol. The quantitative estimate of drug-likeness (QED) is 0.506. The lowest BCUT2D eigenvalue weighted by Crippen LogP contribution is -2.28. The second-order valence-corrected chi connectivity index (χ2v) is 3.67. The highest BCUT2D eigenvalue weighted by Crippen LogP contribution is 2.32. The SMILES string of the molecule is CC1(C)BCCCOC1O. The van der Waals surface area contributed by atoms with Gasteiger partial charge in [-0.25, -0.2) is 0 Å². The second kappa shape index (κ2) is 2.93. The normalized spacial score (nSPS) is 32.5. The van der Waals surface area contributed by atoms with Crippen LogP contribution in [0.2, 0.25) is 11.6 Å². The van der Waals surface area contributed by atoms with Gasteiger partial charge in [0.1, 0.15) is 7.28 Å². The van der Waals surface area contributed by atoms with Crippen LogP contribution in [0.3, 0.4) is 0 Å². The maximum Gasteiger partial charge on any atom is 0.152 e. The molecule has 1 atom stereocenters. The van der Waals surface area contributed by atoms with E-state index in [9.17, 15) is 5.11 Å². The molecule has 0 aliphatic carbocycles. The molecule has 0 amide bonds. The van der Waals surface area contributed by atoms with E-state index in [1.54, 1.807) is 0 Å². The molecule has 58 valence electrons. The van der Waals surface area contributed by atoms with Gasteiger partial charge in [-0.2, -0.15) is 0 Å². The van der Waals surface area contributed by atoms with Gasteiger partial charge in [-0.3, -0.25) is 0 Å². The van der Waals surface area contributed by atoms with Crippen molar-refractivity contribution in [2.45, 2.75) is 38.2 Å². The van der Waals surface area contributed by atoms with Crippen molar-refractivity contribution in [3.05, 3.63) is 0 Å². The molecule has 0 aromatic carbocycles. The van der Waals surface area contributed by atoms with E-state index in [0.29, 0.717) is 6.61 Å². The minimum atomic E-state index is -0.560. The van der Waals surface area contributed by atoms with Crippen molar-refractivity contribution in [3.63, 3.8) is 0 Å².